The highest BCUT2D eigenvalue weighted by Crippen LogP contribution is 2.37. The summed E-state index contributed by atoms with van der Waals surface area (Å²) in [6.45, 7) is 4.76. The van der Waals surface area contributed by atoms with Crippen molar-refractivity contribution < 1.29 is 39.4 Å². The second kappa shape index (κ2) is 24.5. The fourth-order valence-corrected chi connectivity index (χ4v) is 8.03. The smallest absolute Gasteiger partial charge is 0.231 e. The second-order valence-corrected chi connectivity index (χ2v) is 17.3. The van der Waals surface area contributed by atoms with Gasteiger partial charge in [0.1, 0.15) is 50.1 Å². The number of hydrogen-bond acceptors (Lipinski definition) is 14. The van der Waals surface area contributed by atoms with E-state index in [1.165, 1.54) is 12.4 Å². The molecule has 66 heavy (non-hydrogen) atoms. The highest BCUT2D eigenvalue weighted by atomic mass is 79.9. The number of rotatable bonds is 23. The summed E-state index contributed by atoms with van der Waals surface area (Å²) in [7, 11) is 0. The molecule has 16 heteroatoms. The van der Waals surface area contributed by atoms with Gasteiger partial charge in [-0.2, -0.15) is 15.5 Å². The normalized spacial score (nSPS) is 11.9. The average molecular weight is 1020 g/mol. The van der Waals surface area contributed by atoms with Crippen LogP contribution < -0.4 is 24.3 Å². The Hall–Kier alpha value is -5.95. The van der Waals surface area contributed by atoms with Crippen LogP contribution in [-0.4, -0.2) is 67.3 Å². The molecule has 0 aliphatic rings. The van der Waals surface area contributed by atoms with Crippen LogP contribution in [0.2, 0.25) is 0 Å². The Morgan fingerprint density at radius 1 is 0.636 bits per heavy atom. The van der Waals surface area contributed by atoms with Gasteiger partial charge in [-0.25, -0.2) is 0 Å². The number of halogens is 2. The summed E-state index contributed by atoms with van der Waals surface area (Å²) in [4.78, 5) is 13.0. The average Bonchev–Trinajstić information content (AvgIpc) is 3.33. The van der Waals surface area contributed by atoms with Gasteiger partial charge in [-0.3, -0.25) is 9.97 Å². The second-order valence-electron chi connectivity index (χ2n) is 15.5. The number of aromatic nitrogens is 3. The van der Waals surface area contributed by atoms with Crippen molar-refractivity contribution in [2.24, 2.45) is 0 Å². The van der Waals surface area contributed by atoms with Gasteiger partial charge < -0.3 is 44.7 Å². The highest BCUT2D eigenvalue weighted by Gasteiger charge is 2.18. The number of nitrogens with one attached hydrogen (secondary N) is 1. The number of nitriles is 2. The maximum atomic E-state index is 9.92. The molecule has 6 rings (SSSR count). The van der Waals surface area contributed by atoms with Gasteiger partial charge in [0.15, 0.2) is 0 Å². The van der Waals surface area contributed by atoms with Crippen LogP contribution in [-0.2, 0) is 39.4 Å². The van der Waals surface area contributed by atoms with Crippen molar-refractivity contribution in [1.82, 2.24) is 20.3 Å². The number of benzene rings is 3. The predicted molar refractivity (Wildman–Crippen MR) is 253 cm³/mol. The van der Waals surface area contributed by atoms with E-state index in [1.54, 1.807) is 24.5 Å². The van der Waals surface area contributed by atoms with Crippen molar-refractivity contribution in [3.05, 3.63) is 156 Å². The molecule has 2 atom stereocenters. The SMILES string of the molecule is Cc1c(COc2cc(OCc3cncc(C#N)c3)c(CNC[C@@H](O)CO)cc2Br)cccc1-c1cccc(COc2nc(OCc3cncc(C#N)c3)c(CCC[C@@H](O)CO)cc2Br)c1C. The molecule has 0 saturated carbocycles. The van der Waals surface area contributed by atoms with Crippen LogP contribution in [0.5, 0.6) is 23.3 Å². The van der Waals surface area contributed by atoms with Crippen LogP contribution in [0.3, 0.4) is 0 Å². The minimum absolute atomic E-state index is 0.127. The highest BCUT2D eigenvalue weighted by molar-refractivity contribution is 9.11. The lowest BCUT2D eigenvalue weighted by Crippen LogP contribution is -2.29. The Kier molecular flexibility index (Phi) is 18.4. The van der Waals surface area contributed by atoms with Gasteiger partial charge in [0, 0.05) is 66.2 Å². The lowest BCUT2D eigenvalue weighted by atomic mass is 9.92. The predicted octanol–water partition coefficient (Wildman–Crippen LogP) is 7.86. The Morgan fingerprint density at radius 2 is 1.20 bits per heavy atom. The molecule has 6 aromatic rings. The topological polar surface area (TPSA) is 216 Å². The van der Waals surface area contributed by atoms with Crippen molar-refractivity contribution in [3.8, 4) is 46.5 Å². The molecule has 3 heterocycles. The molecule has 0 aliphatic carbocycles. The third kappa shape index (κ3) is 13.6. The molecule has 14 nitrogen and oxygen atoms in total. The van der Waals surface area contributed by atoms with Crippen LogP contribution >= 0.6 is 31.9 Å². The van der Waals surface area contributed by atoms with Gasteiger partial charge in [-0.05, 0) is 123 Å². The number of pyridine rings is 3. The van der Waals surface area contributed by atoms with Crippen molar-refractivity contribution in [3.63, 3.8) is 0 Å². The van der Waals surface area contributed by atoms with E-state index >= 15 is 0 Å². The number of aliphatic hydroxyl groups excluding tert-OH is 4. The molecule has 0 amide bonds. The molecule has 3 aromatic heterocycles. The molecule has 0 bridgehead atoms. The fourth-order valence-electron chi connectivity index (χ4n) is 7.05. The van der Waals surface area contributed by atoms with E-state index in [0.717, 1.165) is 50.1 Å². The van der Waals surface area contributed by atoms with E-state index in [0.29, 0.717) is 74.7 Å². The number of ether oxygens (including phenoxy) is 4. The van der Waals surface area contributed by atoms with E-state index < -0.39 is 12.2 Å². The first-order valence-electron chi connectivity index (χ1n) is 21.2. The maximum Gasteiger partial charge on any atom is 0.231 e. The van der Waals surface area contributed by atoms with E-state index in [1.807, 2.05) is 42.5 Å². The zero-order valence-electron chi connectivity index (χ0n) is 36.5. The van der Waals surface area contributed by atoms with Gasteiger partial charge >= 0.3 is 0 Å². The molecule has 5 N–H and O–H groups in total. The van der Waals surface area contributed by atoms with Gasteiger partial charge in [0.05, 0.1) is 45.5 Å². The molecule has 0 aliphatic heterocycles. The Balaban J connectivity index is 1.18. The summed E-state index contributed by atoms with van der Waals surface area (Å²) in [5.74, 6) is 1.79. The summed E-state index contributed by atoms with van der Waals surface area (Å²) < 4.78 is 26.6. The lowest BCUT2D eigenvalue weighted by Gasteiger charge is -2.19. The molecular formula is C50H50Br2N6O8. The Bertz CT molecular complexity index is 2510. The third-order valence-corrected chi connectivity index (χ3v) is 11.9. The minimum Gasteiger partial charge on any atom is -0.488 e. The van der Waals surface area contributed by atoms with Gasteiger partial charge in [-0.15, -0.1) is 0 Å². The van der Waals surface area contributed by atoms with Gasteiger partial charge in [-0.1, -0.05) is 36.4 Å². The van der Waals surface area contributed by atoms with Crippen LogP contribution in [0, 0.1) is 36.5 Å². The van der Waals surface area contributed by atoms with Crippen LogP contribution in [0.15, 0.2) is 100 Å². The van der Waals surface area contributed by atoms with Gasteiger partial charge in [0.25, 0.3) is 0 Å². The molecule has 0 saturated heterocycles. The molecule has 342 valence electrons. The summed E-state index contributed by atoms with van der Waals surface area (Å²) >= 11 is 7.32. The summed E-state index contributed by atoms with van der Waals surface area (Å²) in [6.07, 6.45) is 6.08. The number of nitrogens with zero attached hydrogens (tertiary/aromatic N) is 5. The zero-order valence-corrected chi connectivity index (χ0v) is 39.7. The molecule has 0 fully saturated rings. The fraction of sp³-hybridized carbons (Fsp3) is 0.300. The largest absolute Gasteiger partial charge is 0.488 e. The van der Waals surface area contributed by atoms with Crippen molar-refractivity contribution in [2.75, 3.05) is 19.8 Å². The molecule has 3 aromatic carbocycles. The minimum atomic E-state index is -0.903. The first kappa shape index (κ1) is 49.5. The van der Waals surface area contributed by atoms with E-state index in [2.05, 4.69) is 85.3 Å². The summed E-state index contributed by atoms with van der Waals surface area (Å²) in [6, 6.07) is 25.4. The number of aryl methyl sites for hydroxylation is 1. The Labute approximate surface area is 400 Å². The maximum absolute atomic E-state index is 9.92. The Morgan fingerprint density at radius 3 is 1.80 bits per heavy atom. The standard InChI is InChI=1S/C50H50Br2N6O8/c1-31-38(29-64-48-16-47(63-27-35-12-33(17-53)19-55-21-35)40(15-45(48)51)23-57-24-42(62)26-60)7-4-10-43(31)44-11-5-8-39(32(44)2)30-66-50-46(52)14-37(6-3-9-41(61)25-59)49(58-50)65-28-36-13-34(18-54)20-56-22-36/h4-5,7-8,10-16,19-22,41-42,57,59-62H,3,6,9,23-30H2,1-2H3/t41-,42-/m1/s1. The monoisotopic (exact) mass is 1020 g/mol. The molecule has 0 spiro atoms. The first-order chi connectivity index (χ1) is 32.0. The van der Waals surface area contributed by atoms with Crippen LogP contribution in [0.1, 0.15) is 68.5 Å². The summed E-state index contributed by atoms with van der Waals surface area (Å²) in [5, 5.41) is 60.2. The van der Waals surface area contributed by atoms with E-state index in [-0.39, 0.29) is 46.2 Å². The van der Waals surface area contributed by atoms with Crippen LogP contribution in [0.25, 0.3) is 11.1 Å². The molecule has 0 radical (unpaired) electrons. The number of hydrogen-bond donors (Lipinski definition) is 5. The third-order valence-electron chi connectivity index (χ3n) is 10.7. The van der Waals surface area contributed by atoms with Crippen molar-refractivity contribution in [1.29, 1.82) is 10.5 Å². The van der Waals surface area contributed by atoms with E-state index in [4.69, 9.17) is 23.9 Å². The quantitative estimate of drug-likeness (QED) is 0.0413. The van der Waals surface area contributed by atoms with E-state index in [9.17, 15) is 30.9 Å². The lowest BCUT2D eigenvalue weighted by molar-refractivity contribution is 0.0866. The van der Waals surface area contributed by atoms with Crippen molar-refractivity contribution in [2.45, 2.75) is 78.3 Å². The first-order valence-corrected chi connectivity index (χ1v) is 22.8. The zero-order chi connectivity index (χ0) is 47.0. The van der Waals surface area contributed by atoms with Crippen molar-refractivity contribution >= 4 is 31.9 Å². The number of aliphatic hydroxyl groups is 4. The van der Waals surface area contributed by atoms with Gasteiger partial charge in [0.2, 0.25) is 11.8 Å². The molecule has 0 unspecified atom stereocenters. The van der Waals surface area contributed by atoms with Crippen LogP contribution in [0.4, 0.5) is 0 Å². The summed E-state index contributed by atoms with van der Waals surface area (Å²) in [5.41, 5.74) is 9.96. The molecular weight excluding hydrogens is 972 g/mol.